The molecule has 1 unspecified atom stereocenters. The summed E-state index contributed by atoms with van der Waals surface area (Å²) in [6.45, 7) is 3.07. The molecule has 18 heavy (non-hydrogen) atoms. The standard InChI is InChI=1S/C16H20N2/c17-12-16(18-10-3-4-11-18)15-9-5-7-13-6-1-2-8-14(13)15/h1-2,5-9,16H,3-4,10-12,17H2. The zero-order chi connectivity index (χ0) is 12.4. The third-order valence-electron chi connectivity index (χ3n) is 3.99. The maximum absolute atomic E-state index is 6.03. The molecule has 0 aromatic heterocycles. The first kappa shape index (κ1) is 11.7. The molecule has 94 valence electrons. The van der Waals surface area contributed by atoms with E-state index in [1.54, 1.807) is 0 Å². The van der Waals surface area contributed by atoms with E-state index < -0.39 is 0 Å². The van der Waals surface area contributed by atoms with Crippen molar-refractivity contribution in [2.75, 3.05) is 19.6 Å². The van der Waals surface area contributed by atoms with E-state index in [0.717, 1.165) is 0 Å². The van der Waals surface area contributed by atoms with Gasteiger partial charge in [0.1, 0.15) is 0 Å². The summed E-state index contributed by atoms with van der Waals surface area (Å²) in [5.41, 5.74) is 7.42. The van der Waals surface area contributed by atoms with Crippen LogP contribution in [0.1, 0.15) is 24.4 Å². The van der Waals surface area contributed by atoms with Crippen molar-refractivity contribution in [3.63, 3.8) is 0 Å². The van der Waals surface area contributed by atoms with Crippen LogP contribution in [0.3, 0.4) is 0 Å². The molecule has 2 aromatic rings. The van der Waals surface area contributed by atoms with Gasteiger partial charge in [-0.1, -0.05) is 42.5 Å². The lowest BCUT2D eigenvalue weighted by Crippen LogP contribution is -2.31. The van der Waals surface area contributed by atoms with Gasteiger partial charge in [-0.2, -0.15) is 0 Å². The summed E-state index contributed by atoms with van der Waals surface area (Å²) in [6.07, 6.45) is 2.61. The van der Waals surface area contributed by atoms with Crippen LogP contribution >= 0.6 is 0 Å². The minimum atomic E-state index is 0.374. The van der Waals surface area contributed by atoms with E-state index in [4.69, 9.17) is 5.73 Å². The van der Waals surface area contributed by atoms with Gasteiger partial charge in [0.15, 0.2) is 0 Å². The fourth-order valence-electron chi connectivity index (χ4n) is 3.07. The summed E-state index contributed by atoms with van der Waals surface area (Å²) in [6, 6.07) is 15.5. The first-order valence-electron chi connectivity index (χ1n) is 6.82. The number of fused-ring (bicyclic) bond motifs is 1. The van der Waals surface area contributed by atoms with E-state index in [-0.39, 0.29) is 0 Å². The van der Waals surface area contributed by atoms with E-state index in [1.807, 2.05) is 0 Å². The van der Waals surface area contributed by atoms with Gasteiger partial charge in [-0.3, -0.25) is 4.90 Å². The molecule has 0 radical (unpaired) electrons. The predicted octanol–water partition coefficient (Wildman–Crippen LogP) is 2.94. The Hall–Kier alpha value is -1.38. The van der Waals surface area contributed by atoms with Crippen molar-refractivity contribution >= 4 is 10.8 Å². The number of rotatable bonds is 3. The number of nitrogens with two attached hydrogens (primary N) is 1. The van der Waals surface area contributed by atoms with Gasteiger partial charge in [-0.05, 0) is 42.3 Å². The Morgan fingerprint density at radius 1 is 1.00 bits per heavy atom. The SMILES string of the molecule is NCC(c1cccc2ccccc12)N1CCCC1. The third kappa shape index (κ3) is 2.02. The van der Waals surface area contributed by atoms with Gasteiger partial charge < -0.3 is 5.73 Å². The van der Waals surface area contributed by atoms with E-state index >= 15 is 0 Å². The van der Waals surface area contributed by atoms with Crippen LogP contribution in [0.2, 0.25) is 0 Å². The second-order valence-electron chi connectivity index (χ2n) is 5.06. The molecule has 0 amide bonds. The topological polar surface area (TPSA) is 29.3 Å². The summed E-state index contributed by atoms with van der Waals surface area (Å²) in [5, 5.41) is 2.66. The predicted molar refractivity (Wildman–Crippen MR) is 76.6 cm³/mol. The molecule has 2 heteroatoms. The Labute approximate surface area is 108 Å². The summed E-state index contributed by atoms with van der Waals surface area (Å²) in [4.78, 5) is 2.53. The Morgan fingerprint density at radius 3 is 2.50 bits per heavy atom. The van der Waals surface area contributed by atoms with Crippen molar-refractivity contribution in [1.29, 1.82) is 0 Å². The molecular formula is C16H20N2. The van der Waals surface area contributed by atoms with Crippen LogP contribution in [-0.4, -0.2) is 24.5 Å². The van der Waals surface area contributed by atoms with E-state index in [2.05, 4.69) is 47.4 Å². The summed E-state index contributed by atoms with van der Waals surface area (Å²) >= 11 is 0. The molecule has 2 nitrogen and oxygen atoms in total. The zero-order valence-electron chi connectivity index (χ0n) is 10.7. The number of hydrogen-bond donors (Lipinski definition) is 1. The van der Waals surface area contributed by atoms with Gasteiger partial charge in [0.2, 0.25) is 0 Å². The summed E-state index contributed by atoms with van der Waals surface area (Å²) in [5.74, 6) is 0. The molecule has 1 fully saturated rings. The number of hydrogen-bond acceptors (Lipinski definition) is 2. The molecule has 1 saturated heterocycles. The molecule has 0 spiro atoms. The molecule has 0 saturated carbocycles. The van der Waals surface area contributed by atoms with Crippen molar-refractivity contribution < 1.29 is 0 Å². The molecule has 0 aliphatic carbocycles. The van der Waals surface area contributed by atoms with Crippen LogP contribution in [0.4, 0.5) is 0 Å². The highest BCUT2D eigenvalue weighted by Gasteiger charge is 2.23. The smallest absolute Gasteiger partial charge is 0.0476 e. The molecule has 1 heterocycles. The Morgan fingerprint density at radius 2 is 1.72 bits per heavy atom. The van der Waals surface area contributed by atoms with Crippen molar-refractivity contribution in [2.24, 2.45) is 5.73 Å². The second kappa shape index (κ2) is 5.09. The lowest BCUT2D eigenvalue weighted by molar-refractivity contribution is 0.253. The monoisotopic (exact) mass is 240 g/mol. The average Bonchev–Trinajstić information content (AvgIpc) is 2.94. The van der Waals surface area contributed by atoms with Crippen LogP contribution in [-0.2, 0) is 0 Å². The van der Waals surface area contributed by atoms with Crippen LogP contribution in [0.5, 0.6) is 0 Å². The van der Waals surface area contributed by atoms with Crippen LogP contribution in [0, 0.1) is 0 Å². The summed E-state index contributed by atoms with van der Waals surface area (Å²) < 4.78 is 0. The molecular weight excluding hydrogens is 220 g/mol. The fraction of sp³-hybridized carbons (Fsp3) is 0.375. The Bertz CT molecular complexity index is 524. The van der Waals surface area contributed by atoms with Crippen LogP contribution in [0.15, 0.2) is 42.5 Å². The quantitative estimate of drug-likeness (QED) is 0.893. The highest BCUT2D eigenvalue weighted by Crippen LogP contribution is 2.29. The maximum Gasteiger partial charge on any atom is 0.0476 e. The van der Waals surface area contributed by atoms with Crippen molar-refractivity contribution in [2.45, 2.75) is 18.9 Å². The average molecular weight is 240 g/mol. The second-order valence-corrected chi connectivity index (χ2v) is 5.06. The van der Waals surface area contributed by atoms with Crippen LogP contribution < -0.4 is 5.73 Å². The van der Waals surface area contributed by atoms with Gasteiger partial charge >= 0.3 is 0 Å². The largest absolute Gasteiger partial charge is 0.329 e. The maximum atomic E-state index is 6.03. The fourth-order valence-corrected chi connectivity index (χ4v) is 3.07. The van der Waals surface area contributed by atoms with Gasteiger partial charge in [-0.15, -0.1) is 0 Å². The number of likely N-dealkylation sites (tertiary alicyclic amines) is 1. The number of benzene rings is 2. The lowest BCUT2D eigenvalue weighted by atomic mass is 9.98. The van der Waals surface area contributed by atoms with Gasteiger partial charge in [0, 0.05) is 12.6 Å². The molecule has 1 aliphatic heterocycles. The highest BCUT2D eigenvalue weighted by molar-refractivity contribution is 5.86. The van der Waals surface area contributed by atoms with Crippen LogP contribution in [0.25, 0.3) is 10.8 Å². The summed E-state index contributed by atoms with van der Waals surface area (Å²) in [7, 11) is 0. The first-order chi connectivity index (χ1) is 8.90. The number of nitrogens with zero attached hydrogens (tertiary/aromatic N) is 1. The molecule has 2 N–H and O–H groups in total. The molecule has 0 bridgehead atoms. The van der Waals surface area contributed by atoms with Gasteiger partial charge in [0.05, 0.1) is 0 Å². The van der Waals surface area contributed by atoms with Crippen molar-refractivity contribution in [3.8, 4) is 0 Å². The Balaban J connectivity index is 2.06. The molecule has 3 rings (SSSR count). The zero-order valence-corrected chi connectivity index (χ0v) is 10.7. The molecule has 2 aromatic carbocycles. The minimum absolute atomic E-state index is 0.374. The Kier molecular flexibility index (Phi) is 3.31. The van der Waals surface area contributed by atoms with E-state index in [0.29, 0.717) is 12.6 Å². The lowest BCUT2D eigenvalue weighted by Gasteiger charge is -2.27. The molecule has 1 aliphatic rings. The van der Waals surface area contributed by atoms with Crippen molar-refractivity contribution in [3.05, 3.63) is 48.0 Å². The first-order valence-corrected chi connectivity index (χ1v) is 6.82. The van der Waals surface area contributed by atoms with Crippen molar-refractivity contribution in [1.82, 2.24) is 4.90 Å². The van der Waals surface area contributed by atoms with Gasteiger partial charge in [-0.25, -0.2) is 0 Å². The minimum Gasteiger partial charge on any atom is -0.329 e. The highest BCUT2D eigenvalue weighted by atomic mass is 15.2. The van der Waals surface area contributed by atoms with Gasteiger partial charge in [0.25, 0.3) is 0 Å². The third-order valence-corrected chi connectivity index (χ3v) is 3.99. The van der Waals surface area contributed by atoms with E-state index in [9.17, 15) is 0 Å². The molecule has 1 atom stereocenters. The van der Waals surface area contributed by atoms with E-state index in [1.165, 1.54) is 42.3 Å². The normalized spacial score (nSPS) is 18.3.